The van der Waals surface area contributed by atoms with Crippen molar-refractivity contribution in [1.29, 1.82) is 0 Å². The Labute approximate surface area is 101 Å². The van der Waals surface area contributed by atoms with E-state index in [0.29, 0.717) is 32.5 Å². The lowest BCUT2D eigenvalue weighted by Crippen LogP contribution is -2.43. The van der Waals surface area contributed by atoms with Crippen LogP contribution in [-0.4, -0.2) is 35.5 Å². The number of hydrogen-bond donors (Lipinski definition) is 1. The summed E-state index contributed by atoms with van der Waals surface area (Å²) in [4.78, 5) is 5.59. The van der Waals surface area contributed by atoms with Gasteiger partial charge in [-0.1, -0.05) is 30.3 Å². The highest BCUT2D eigenvalue weighted by atomic mass is 19.1. The van der Waals surface area contributed by atoms with E-state index in [2.05, 4.69) is 0 Å². The number of hydroxylamine groups is 2. The van der Waals surface area contributed by atoms with E-state index in [1.165, 1.54) is 0 Å². The van der Waals surface area contributed by atoms with Crippen LogP contribution in [0.25, 0.3) is 0 Å². The molecule has 1 aromatic carbocycles. The average molecular weight is 239 g/mol. The van der Waals surface area contributed by atoms with Gasteiger partial charge in [0.15, 0.2) is 0 Å². The van der Waals surface area contributed by atoms with Crippen molar-refractivity contribution < 1.29 is 14.3 Å². The van der Waals surface area contributed by atoms with E-state index >= 15 is 0 Å². The van der Waals surface area contributed by atoms with Crippen molar-refractivity contribution in [1.82, 2.24) is 5.06 Å². The number of hydrogen-bond acceptors (Lipinski definition) is 3. The summed E-state index contributed by atoms with van der Waals surface area (Å²) in [5, 5.41) is 10.7. The summed E-state index contributed by atoms with van der Waals surface area (Å²) in [6.45, 7) is 1.19. The number of aliphatic hydroxyl groups is 1. The lowest BCUT2D eigenvalue weighted by molar-refractivity contribution is -0.196. The molecule has 0 spiro atoms. The predicted molar refractivity (Wildman–Crippen MR) is 63.0 cm³/mol. The molecule has 4 heteroatoms. The molecule has 1 aromatic rings. The van der Waals surface area contributed by atoms with E-state index in [4.69, 9.17) is 9.94 Å². The third kappa shape index (κ3) is 3.49. The van der Waals surface area contributed by atoms with Gasteiger partial charge < -0.3 is 5.11 Å². The Morgan fingerprint density at radius 3 is 2.47 bits per heavy atom. The molecule has 17 heavy (non-hydrogen) atoms. The molecule has 3 nitrogen and oxygen atoms in total. The number of nitrogens with zero attached hydrogens (tertiary/aromatic N) is 1. The van der Waals surface area contributed by atoms with Gasteiger partial charge in [-0.15, -0.1) is 0 Å². The fourth-order valence-electron chi connectivity index (χ4n) is 1.91. The smallest absolute Gasteiger partial charge is 0.136 e. The summed E-state index contributed by atoms with van der Waals surface area (Å²) in [7, 11) is 0. The number of piperidine rings is 1. The van der Waals surface area contributed by atoms with Gasteiger partial charge in [0.1, 0.15) is 5.67 Å². The quantitative estimate of drug-likeness (QED) is 0.871. The highest BCUT2D eigenvalue weighted by molar-refractivity contribution is 5.13. The Bertz CT molecular complexity index is 337. The van der Waals surface area contributed by atoms with Gasteiger partial charge in [-0.05, 0) is 18.4 Å². The molecule has 0 unspecified atom stereocenters. The first-order valence-electron chi connectivity index (χ1n) is 5.93. The van der Waals surface area contributed by atoms with Crippen molar-refractivity contribution in [3.63, 3.8) is 0 Å². The second kappa shape index (κ2) is 5.58. The number of aliphatic hydroxyl groups excluding tert-OH is 1. The molecule has 0 amide bonds. The van der Waals surface area contributed by atoms with E-state index in [9.17, 15) is 4.39 Å². The normalized spacial score (nSPS) is 20.4. The Morgan fingerprint density at radius 2 is 1.88 bits per heavy atom. The number of halogens is 1. The van der Waals surface area contributed by atoms with Crippen LogP contribution in [0.4, 0.5) is 4.39 Å². The van der Waals surface area contributed by atoms with Crippen LogP contribution in [0.3, 0.4) is 0 Å². The minimum Gasteiger partial charge on any atom is -0.393 e. The number of alkyl halides is 1. The van der Waals surface area contributed by atoms with E-state index in [-0.39, 0.29) is 6.61 Å². The van der Waals surface area contributed by atoms with Crippen molar-refractivity contribution >= 4 is 0 Å². The van der Waals surface area contributed by atoms with E-state index in [0.717, 1.165) is 5.56 Å². The van der Waals surface area contributed by atoms with E-state index in [1.54, 1.807) is 5.06 Å². The van der Waals surface area contributed by atoms with E-state index < -0.39 is 5.67 Å². The zero-order chi connectivity index (χ0) is 12.1. The molecule has 0 radical (unpaired) electrons. The summed E-state index contributed by atoms with van der Waals surface area (Å²) in [6, 6.07) is 9.89. The molecule has 0 saturated carbocycles. The Kier molecular flexibility index (Phi) is 4.10. The van der Waals surface area contributed by atoms with Gasteiger partial charge >= 0.3 is 0 Å². The van der Waals surface area contributed by atoms with Gasteiger partial charge in [0.2, 0.25) is 0 Å². The van der Waals surface area contributed by atoms with Crippen LogP contribution < -0.4 is 0 Å². The number of rotatable bonds is 4. The molecule has 94 valence electrons. The van der Waals surface area contributed by atoms with Gasteiger partial charge in [-0.2, -0.15) is 5.06 Å². The van der Waals surface area contributed by atoms with Crippen LogP contribution in [0, 0.1) is 0 Å². The lowest BCUT2D eigenvalue weighted by atomic mass is 9.95. The van der Waals surface area contributed by atoms with Gasteiger partial charge in [0, 0.05) is 13.1 Å². The third-order valence-corrected chi connectivity index (χ3v) is 3.16. The Morgan fingerprint density at radius 1 is 1.24 bits per heavy atom. The van der Waals surface area contributed by atoms with Crippen molar-refractivity contribution in [3.8, 4) is 0 Å². The Balaban J connectivity index is 1.75. The summed E-state index contributed by atoms with van der Waals surface area (Å²) in [5.41, 5.74) is -0.307. The van der Waals surface area contributed by atoms with Gasteiger partial charge in [-0.3, -0.25) is 4.84 Å². The first-order chi connectivity index (χ1) is 8.22. The van der Waals surface area contributed by atoms with Crippen molar-refractivity contribution in [2.75, 3.05) is 19.7 Å². The molecule has 1 aliphatic heterocycles. The summed E-state index contributed by atoms with van der Waals surface area (Å²) in [5.74, 6) is 0. The molecule has 1 N–H and O–H groups in total. The van der Waals surface area contributed by atoms with Crippen molar-refractivity contribution in [3.05, 3.63) is 35.9 Å². The second-order valence-electron chi connectivity index (χ2n) is 4.50. The van der Waals surface area contributed by atoms with Crippen LogP contribution in [0.1, 0.15) is 18.4 Å². The van der Waals surface area contributed by atoms with Gasteiger partial charge in [-0.25, -0.2) is 4.39 Å². The zero-order valence-corrected chi connectivity index (χ0v) is 9.81. The minimum atomic E-state index is -1.41. The van der Waals surface area contributed by atoms with Crippen LogP contribution in [0.15, 0.2) is 30.3 Å². The highest BCUT2D eigenvalue weighted by Gasteiger charge is 2.34. The van der Waals surface area contributed by atoms with Crippen LogP contribution in [-0.2, 0) is 11.4 Å². The summed E-state index contributed by atoms with van der Waals surface area (Å²) < 4.78 is 13.7. The predicted octanol–water partition coefficient (Wildman–Crippen LogP) is 1.91. The first-order valence-corrected chi connectivity index (χ1v) is 5.93. The maximum atomic E-state index is 13.7. The van der Waals surface area contributed by atoms with Gasteiger partial charge in [0.25, 0.3) is 0 Å². The van der Waals surface area contributed by atoms with E-state index in [1.807, 2.05) is 30.3 Å². The fourth-order valence-corrected chi connectivity index (χ4v) is 1.91. The monoisotopic (exact) mass is 239 g/mol. The average Bonchev–Trinajstić information content (AvgIpc) is 2.39. The molecular weight excluding hydrogens is 221 g/mol. The zero-order valence-electron chi connectivity index (χ0n) is 9.81. The molecule has 0 aromatic heterocycles. The maximum absolute atomic E-state index is 13.7. The third-order valence-electron chi connectivity index (χ3n) is 3.16. The molecule has 0 aliphatic carbocycles. The molecule has 1 aliphatic rings. The molecule has 1 heterocycles. The highest BCUT2D eigenvalue weighted by Crippen LogP contribution is 2.26. The standard InChI is InChI=1S/C13H18FNO2/c14-13(11-16)6-8-15(9-7-13)17-10-12-4-2-1-3-5-12/h1-5,16H,6-11H2. The molecule has 2 rings (SSSR count). The fraction of sp³-hybridized carbons (Fsp3) is 0.538. The topological polar surface area (TPSA) is 32.7 Å². The van der Waals surface area contributed by atoms with Crippen LogP contribution in [0.5, 0.6) is 0 Å². The maximum Gasteiger partial charge on any atom is 0.136 e. The lowest BCUT2D eigenvalue weighted by Gasteiger charge is -2.34. The van der Waals surface area contributed by atoms with Crippen LogP contribution >= 0.6 is 0 Å². The molecule has 1 saturated heterocycles. The SMILES string of the molecule is OCC1(F)CCN(OCc2ccccc2)CC1. The Hall–Kier alpha value is -0.970. The van der Waals surface area contributed by atoms with Gasteiger partial charge in [0.05, 0.1) is 13.2 Å². The molecule has 0 atom stereocenters. The minimum absolute atomic E-state index is 0.332. The van der Waals surface area contributed by atoms with Crippen LogP contribution in [0.2, 0.25) is 0 Å². The van der Waals surface area contributed by atoms with Crippen molar-refractivity contribution in [2.24, 2.45) is 0 Å². The second-order valence-corrected chi connectivity index (χ2v) is 4.50. The molecule has 1 fully saturated rings. The molecule has 0 bridgehead atoms. The molecular formula is C13H18FNO2. The summed E-state index contributed by atoms with van der Waals surface area (Å²) in [6.07, 6.45) is 0.663. The first kappa shape index (κ1) is 12.5. The largest absolute Gasteiger partial charge is 0.393 e. The number of benzene rings is 1. The summed E-state index contributed by atoms with van der Waals surface area (Å²) >= 11 is 0. The van der Waals surface area contributed by atoms with Crippen molar-refractivity contribution in [2.45, 2.75) is 25.1 Å².